The molecule has 0 spiro atoms. The molecule has 0 unspecified atom stereocenters. The van der Waals surface area contributed by atoms with Gasteiger partial charge in [-0.2, -0.15) is 9.78 Å². The number of carbonyl (C=O) groups is 1. The van der Waals surface area contributed by atoms with Gasteiger partial charge in [-0.1, -0.05) is 13.3 Å². The summed E-state index contributed by atoms with van der Waals surface area (Å²) in [7, 11) is 0. The normalized spacial score (nSPS) is 10.7. The van der Waals surface area contributed by atoms with Crippen LogP contribution < -0.4 is 10.6 Å². The fourth-order valence-corrected chi connectivity index (χ4v) is 2.44. The van der Waals surface area contributed by atoms with Crippen molar-refractivity contribution in [2.75, 3.05) is 18.4 Å². The van der Waals surface area contributed by atoms with Crippen LogP contribution in [0.3, 0.4) is 0 Å². The van der Waals surface area contributed by atoms with Gasteiger partial charge in [0, 0.05) is 37.3 Å². The Bertz CT molecular complexity index is 873. The first-order valence-corrected chi connectivity index (χ1v) is 8.81. The summed E-state index contributed by atoms with van der Waals surface area (Å²) in [6.07, 6.45) is 4.44. The van der Waals surface area contributed by atoms with Gasteiger partial charge in [-0.25, -0.2) is 9.97 Å². The first-order chi connectivity index (χ1) is 13.2. The first-order valence-electron chi connectivity index (χ1n) is 8.81. The minimum atomic E-state index is -0.258. The fraction of sp³-hybridized carbons (Fsp3) is 0.438. The Hall–Kier alpha value is -3.37. The second kappa shape index (κ2) is 8.83. The second-order valence-electron chi connectivity index (χ2n) is 5.99. The molecule has 3 aromatic heterocycles. The molecule has 142 valence electrons. The lowest BCUT2D eigenvalue weighted by atomic mass is 10.2. The number of aromatic amines is 1. The van der Waals surface area contributed by atoms with Gasteiger partial charge in [-0.05, 0) is 23.8 Å². The zero-order chi connectivity index (χ0) is 19.1. The fourth-order valence-electron chi connectivity index (χ4n) is 2.44. The van der Waals surface area contributed by atoms with E-state index >= 15 is 0 Å². The summed E-state index contributed by atoms with van der Waals surface area (Å²) in [5.41, 5.74) is 1.26. The number of aromatic nitrogens is 8. The summed E-state index contributed by atoms with van der Waals surface area (Å²) in [5, 5.41) is 23.5. The third-order valence-corrected chi connectivity index (χ3v) is 3.76. The van der Waals surface area contributed by atoms with Crippen LogP contribution in [0.4, 0.5) is 5.82 Å². The lowest BCUT2D eigenvalue weighted by Gasteiger charge is -2.09. The summed E-state index contributed by atoms with van der Waals surface area (Å²) < 4.78 is 1.36. The third-order valence-electron chi connectivity index (χ3n) is 3.76. The molecule has 0 saturated heterocycles. The number of aryl methyl sites for hydroxylation is 2. The van der Waals surface area contributed by atoms with E-state index in [1.54, 1.807) is 6.07 Å². The topological polar surface area (TPSA) is 139 Å². The van der Waals surface area contributed by atoms with Crippen LogP contribution in [0.1, 0.15) is 41.8 Å². The van der Waals surface area contributed by atoms with E-state index in [-0.39, 0.29) is 5.91 Å². The average Bonchev–Trinajstić information content (AvgIpc) is 3.34. The third kappa shape index (κ3) is 5.06. The van der Waals surface area contributed by atoms with Crippen LogP contribution >= 0.6 is 0 Å². The van der Waals surface area contributed by atoms with Crippen molar-refractivity contribution in [2.24, 2.45) is 0 Å². The number of unbranched alkanes of at least 4 members (excludes halogenated alkanes) is 1. The van der Waals surface area contributed by atoms with E-state index in [4.69, 9.17) is 0 Å². The standard InChI is InChI=1S/C16H22N10O/c1-3-4-5-13-20-11(2)8-14(21-13)17-6-7-18-16(27)12-9-15(23-22-12)26-10-19-24-25-26/h8-10H,3-7H2,1-2H3,(H,18,27)(H,22,23)(H,17,20,21). The molecule has 0 fully saturated rings. The molecule has 0 aliphatic rings. The second-order valence-corrected chi connectivity index (χ2v) is 5.99. The number of hydrogen-bond donors (Lipinski definition) is 3. The molecule has 11 nitrogen and oxygen atoms in total. The Labute approximate surface area is 156 Å². The van der Waals surface area contributed by atoms with Gasteiger partial charge in [0.1, 0.15) is 23.7 Å². The molecule has 3 rings (SSSR count). The van der Waals surface area contributed by atoms with Crippen molar-refractivity contribution < 1.29 is 4.79 Å². The molecule has 0 atom stereocenters. The van der Waals surface area contributed by atoms with Gasteiger partial charge in [0.15, 0.2) is 5.82 Å². The highest BCUT2D eigenvalue weighted by Crippen LogP contribution is 2.08. The molecule has 0 saturated carbocycles. The highest BCUT2D eigenvalue weighted by atomic mass is 16.1. The van der Waals surface area contributed by atoms with Crippen LogP contribution in [0, 0.1) is 6.92 Å². The largest absolute Gasteiger partial charge is 0.368 e. The van der Waals surface area contributed by atoms with Gasteiger partial charge in [-0.15, -0.1) is 5.10 Å². The number of carbonyl (C=O) groups excluding carboxylic acids is 1. The van der Waals surface area contributed by atoms with Crippen LogP contribution in [0.25, 0.3) is 5.82 Å². The van der Waals surface area contributed by atoms with E-state index in [1.807, 2.05) is 13.0 Å². The highest BCUT2D eigenvalue weighted by molar-refractivity contribution is 5.92. The maximum absolute atomic E-state index is 12.2. The van der Waals surface area contributed by atoms with Gasteiger partial charge >= 0.3 is 0 Å². The maximum atomic E-state index is 12.2. The molecule has 0 aromatic carbocycles. The number of nitrogens with zero attached hydrogens (tertiary/aromatic N) is 7. The summed E-state index contributed by atoms with van der Waals surface area (Å²) in [6, 6.07) is 3.47. The van der Waals surface area contributed by atoms with Crippen LogP contribution in [0.5, 0.6) is 0 Å². The minimum Gasteiger partial charge on any atom is -0.368 e. The Kier molecular flexibility index (Phi) is 6.02. The Morgan fingerprint density at radius 1 is 1.26 bits per heavy atom. The van der Waals surface area contributed by atoms with E-state index in [1.165, 1.54) is 11.0 Å². The molecule has 0 bridgehead atoms. The van der Waals surface area contributed by atoms with Crippen LogP contribution in [-0.4, -0.2) is 59.4 Å². The van der Waals surface area contributed by atoms with E-state index in [0.29, 0.717) is 24.6 Å². The van der Waals surface area contributed by atoms with Gasteiger partial charge in [-0.3, -0.25) is 9.89 Å². The number of H-pyrrole nitrogens is 1. The highest BCUT2D eigenvalue weighted by Gasteiger charge is 2.11. The van der Waals surface area contributed by atoms with Crippen molar-refractivity contribution in [2.45, 2.75) is 33.1 Å². The number of tetrazole rings is 1. The number of nitrogens with one attached hydrogen (secondary N) is 3. The Balaban J connectivity index is 1.47. The van der Waals surface area contributed by atoms with Crippen molar-refractivity contribution >= 4 is 11.7 Å². The molecule has 3 heterocycles. The molecule has 3 aromatic rings. The van der Waals surface area contributed by atoms with Gasteiger partial charge in [0.25, 0.3) is 5.91 Å². The lowest BCUT2D eigenvalue weighted by molar-refractivity contribution is 0.0950. The Morgan fingerprint density at radius 2 is 2.15 bits per heavy atom. The molecule has 27 heavy (non-hydrogen) atoms. The average molecular weight is 370 g/mol. The van der Waals surface area contributed by atoms with Crippen molar-refractivity contribution in [3.05, 3.63) is 35.7 Å². The number of rotatable bonds is 9. The van der Waals surface area contributed by atoms with Gasteiger partial charge < -0.3 is 10.6 Å². The molecular formula is C16H22N10O. The smallest absolute Gasteiger partial charge is 0.269 e. The van der Waals surface area contributed by atoms with Crippen molar-refractivity contribution in [3.8, 4) is 5.82 Å². The molecule has 3 N–H and O–H groups in total. The number of hydrogen-bond acceptors (Lipinski definition) is 8. The quantitative estimate of drug-likeness (QED) is 0.467. The molecular weight excluding hydrogens is 348 g/mol. The minimum absolute atomic E-state index is 0.258. The summed E-state index contributed by atoms with van der Waals surface area (Å²) >= 11 is 0. The van der Waals surface area contributed by atoms with E-state index < -0.39 is 0 Å². The number of amides is 1. The maximum Gasteiger partial charge on any atom is 0.269 e. The van der Waals surface area contributed by atoms with Gasteiger partial charge in [0.2, 0.25) is 0 Å². The molecule has 1 amide bonds. The summed E-state index contributed by atoms with van der Waals surface area (Å²) in [6.45, 7) is 5.07. The lowest BCUT2D eigenvalue weighted by Crippen LogP contribution is -2.29. The van der Waals surface area contributed by atoms with Crippen molar-refractivity contribution in [1.29, 1.82) is 0 Å². The number of anilines is 1. The predicted molar refractivity (Wildman–Crippen MR) is 97.5 cm³/mol. The zero-order valence-corrected chi connectivity index (χ0v) is 15.3. The van der Waals surface area contributed by atoms with Crippen molar-refractivity contribution in [1.82, 2.24) is 45.7 Å². The van der Waals surface area contributed by atoms with E-state index in [2.05, 4.69) is 53.2 Å². The van der Waals surface area contributed by atoms with Crippen LogP contribution in [0.15, 0.2) is 18.5 Å². The van der Waals surface area contributed by atoms with E-state index in [0.717, 1.165) is 36.6 Å². The first kappa shape index (κ1) is 18.4. The van der Waals surface area contributed by atoms with Crippen molar-refractivity contribution in [3.63, 3.8) is 0 Å². The molecule has 11 heteroatoms. The summed E-state index contributed by atoms with van der Waals surface area (Å²) in [5.74, 6) is 1.80. The Morgan fingerprint density at radius 3 is 2.93 bits per heavy atom. The predicted octanol–water partition coefficient (Wildman–Crippen LogP) is 0.668. The molecule has 0 aliphatic carbocycles. The van der Waals surface area contributed by atoms with E-state index in [9.17, 15) is 4.79 Å². The van der Waals surface area contributed by atoms with Crippen LogP contribution in [-0.2, 0) is 6.42 Å². The monoisotopic (exact) mass is 370 g/mol. The molecule has 0 aliphatic heterocycles. The molecule has 0 radical (unpaired) electrons. The SMILES string of the molecule is CCCCc1nc(C)cc(NCCNC(=O)c2cc(-n3cnnn3)n[nH]2)n1. The summed E-state index contributed by atoms with van der Waals surface area (Å²) in [4.78, 5) is 21.1. The van der Waals surface area contributed by atoms with Gasteiger partial charge in [0.05, 0.1) is 0 Å². The van der Waals surface area contributed by atoms with Crippen LogP contribution in [0.2, 0.25) is 0 Å². The zero-order valence-electron chi connectivity index (χ0n) is 15.3.